The molecule has 1 aromatic rings. The Bertz CT molecular complexity index is 459. The minimum atomic E-state index is -0.607. The topological polar surface area (TPSA) is 17.1 Å². The van der Waals surface area contributed by atoms with Gasteiger partial charge in [0.15, 0.2) is 0 Å². The van der Waals surface area contributed by atoms with Gasteiger partial charge in [0, 0.05) is 18.4 Å². The molecule has 90 valence electrons. The zero-order chi connectivity index (χ0) is 12.0. The number of hydrogen-bond donors (Lipinski definition) is 0. The standard InChI is InChI=1S/C14H14F2O/c15-9-5-4-8(12(16)7-9)6-13(17)14-10-2-1-3-11(10)14/h4-5,7,10-11,14H,1-3,6H2. The van der Waals surface area contributed by atoms with Gasteiger partial charge < -0.3 is 0 Å². The largest absolute Gasteiger partial charge is 0.299 e. The van der Waals surface area contributed by atoms with Crippen LogP contribution in [-0.4, -0.2) is 5.78 Å². The van der Waals surface area contributed by atoms with Crippen LogP contribution in [0.4, 0.5) is 8.78 Å². The van der Waals surface area contributed by atoms with Crippen LogP contribution in [-0.2, 0) is 11.2 Å². The van der Waals surface area contributed by atoms with Gasteiger partial charge in [-0.05, 0) is 36.3 Å². The normalized spacial score (nSPS) is 30.1. The molecule has 17 heavy (non-hydrogen) atoms. The molecule has 0 N–H and O–H groups in total. The Hall–Kier alpha value is -1.25. The highest BCUT2D eigenvalue weighted by Crippen LogP contribution is 2.58. The molecule has 0 aliphatic heterocycles. The summed E-state index contributed by atoms with van der Waals surface area (Å²) in [5.41, 5.74) is 0.321. The summed E-state index contributed by atoms with van der Waals surface area (Å²) in [6, 6.07) is 3.43. The van der Waals surface area contributed by atoms with E-state index in [1.807, 2.05) is 0 Å². The molecule has 0 spiro atoms. The number of benzene rings is 1. The van der Waals surface area contributed by atoms with Crippen LogP contribution in [0, 0.1) is 29.4 Å². The number of Topliss-reactive ketones (excluding diaryl/α,β-unsaturated/α-hetero) is 1. The van der Waals surface area contributed by atoms with E-state index in [4.69, 9.17) is 0 Å². The van der Waals surface area contributed by atoms with E-state index in [2.05, 4.69) is 0 Å². The quantitative estimate of drug-likeness (QED) is 0.788. The number of fused-ring (bicyclic) bond motifs is 1. The lowest BCUT2D eigenvalue weighted by atomic mass is 10.0. The summed E-state index contributed by atoms with van der Waals surface area (Å²) in [7, 11) is 0. The summed E-state index contributed by atoms with van der Waals surface area (Å²) in [5.74, 6) is 0.210. The predicted molar refractivity (Wildman–Crippen MR) is 59.4 cm³/mol. The molecule has 0 amide bonds. The van der Waals surface area contributed by atoms with Crippen molar-refractivity contribution in [2.75, 3.05) is 0 Å². The van der Waals surface area contributed by atoms with Crippen molar-refractivity contribution in [3.63, 3.8) is 0 Å². The molecular formula is C14H14F2O. The summed E-state index contributed by atoms with van der Waals surface area (Å²) in [4.78, 5) is 12.0. The van der Waals surface area contributed by atoms with Crippen LogP contribution in [0.25, 0.3) is 0 Å². The fourth-order valence-corrected chi connectivity index (χ4v) is 3.27. The van der Waals surface area contributed by atoms with Crippen molar-refractivity contribution in [2.45, 2.75) is 25.7 Å². The van der Waals surface area contributed by atoms with Gasteiger partial charge in [0.2, 0.25) is 0 Å². The number of rotatable bonds is 3. The highest BCUT2D eigenvalue weighted by Gasteiger charge is 2.55. The maximum absolute atomic E-state index is 13.4. The molecular weight excluding hydrogens is 222 g/mol. The maximum atomic E-state index is 13.4. The van der Waals surface area contributed by atoms with Gasteiger partial charge in [-0.3, -0.25) is 4.79 Å². The molecule has 0 radical (unpaired) electrons. The van der Waals surface area contributed by atoms with Crippen LogP contribution in [0.15, 0.2) is 18.2 Å². The second kappa shape index (κ2) is 3.90. The molecule has 2 saturated carbocycles. The van der Waals surface area contributed by atoms with Crippen LogP contribution in [0.2, 0.25) is 0 Å². The van der Waals surface area contributed by atoms with Crippen LogP contribution in [0.1, 0.15) is 24.8 Å². The molecule has 2 unspecified atom stereocenters. The minimum Gasteiger partial charge on any atom is -0.299 e. The summed E-state index contributed by atoms with van der Waals surface area (Å²) < 4.78 is 26.1. The first-order valence-electron chi connectivity index (χ1n) is 6.13. The highest BCUT2D eigenvalue weighted by molar-refractivity contribution is 5.86. The molecule has 2 aliphatic rings. The van der Waals surface area contributed by atoms with Gasteiger partial charge in [-0.1, -0.05) is 12.5 Å². The number of ketones is 1. The van der Waals surface area contributed by atoms with Crippen LogP contribution in [0.5, 0.6) is 0 Å². The van der Waals surface area contributed by atoms with Crippen molar-refractivity contribution in [1.29, 1.82) is 0 Å². The Kier molecular flexibility index (Phi) is 2.49. The van der Waals surface area contributed by atoms with E-state index >= 15 is 0 Å². The monoisotopic (exact) mass is 236 g/mol. The first-order chi connectivity index (χ1) is 8.16. The first-order valence-corrected chi connectivity index (χ1v) is 6.13. The molecule has 0 saturated heterocycles. The molecule has 2 fully saturated rings. The number of carbonyl (C=O) groups is 1. The molecule has 2 atom stereocenters. The van der Waals surface area contributed by atoms with E-state index in [9.17, 15) is 13.6 Å². The Morgan fingerprint density at radius 1 is 1.24 bits per heavy atom. The highest BCUT2D eigenvalue weighted by atomic mass is 19.1. The van der Waals surface area contributed by atoms with Gasteiger partial charge in [-0.15, -0.1) is 0 Å². The molecule has 0 heterocycles. The van der Waals surface area contributed by atoms with E-state index in [1.54, 1.807) is 0 Å². The van der Waals surface area contributed by atoms with Crippen LogP contribution >= 0.6 is 0 Å². The summed E-state index contributed by atoms with van der Waals surface area (Å²) in [6.07, 6.45) is 3.63. The van der Waals surface area contributed by atoms with Crippen molar-refractivity contribution in [3.8, 4) is 0 Å². The first kappa shape index (κ1) is 10.9. The maximum Gasteiger partial charge on any atom is 0.141 e. The van der Waals surface area contributed by atoms with Gasteiger partial charge >= 0.3 is 0 Å². The smallest absolute Gasteiger partial charge is 0.141 e. The zero-order valence-corrected chi connectivity index (χ0v) is 9.46. The van der Waals surface area contributed by atoms with Crippen LogP contribution in [0.3, 0.4) is 0 Å². The Morgan fingerprint density at radius 2 is 1.94 bits per heavy atom. The Labute approximate surface area is 98.8 Å². The van der Waals surface area contributed by atoms with E-state index in [-0.39, 0.29) is 18.1 Å². The number of hydrogen-bond acceptors (Lipinski definition) is 1. The molecule has 0 bridgehead atoms. The third kappa shape index (κ3) is 1.88. The Balaban J connectivity index is 1.69. The van der Waals surface area contributed by atoms with Crippen molar-refractivity contribution >= 4 is 5.78 Å². The fraction of sp³-hybridized carbons (Fsp3) is 0.500. The van der Waals surface area contributed by atoms with Gasteiger partial charge in [-0.25, -0.2) is 8.78 Å². The van der Waals surface area contributed by atoms with E-state index < -0.39 is 11.6 Å². The molecule has 3 heteroatoms. The van der Waals surface area contributed by atoms with Gasteiger partial charge in [0.25, 0.3) is 0 Å². The lowest BCUT2D eigenvalue weighted by Gasteiger charge is -2.04. The number of carbonyl (C=O) groups excluding carboxylic acids is 1. The molecule has 3 rings (SSSR count). The summed E-state index contributed by atoms with van der Waals surface area (Å²) >= 11 is 0. The average Bonchev–Trinajstić information content (AvgIpc) is 2.77. The lowest BCUT2D eigenvalue weighted by Crippen LogP contribution is -2.10. The molecule has 2 aliphatic carbocycles. The molecule has 0 aromatic heterocycles. The summed E-state index contributed by atoms with van der Waals surface area (Å²) in [5, 5.41) is 0. The van der Waals surface area contributed by atoms with E-state index in [1.165, 1.54) is 18.6 Å². The number of halogens is 2. The van der Waals surface area contributed by atoms with Crippen molar-refractivity contribution in [3.05, 3.63) is 35.4 Å². The summed E-state index contributed by atoms with van der Waals surface area (Å²) in [6.45, 7) is 0. The zero-order valence-electron chi connectivity index (χ0n) is 9.46. The molecule has 1 nitrogen and oxygen atoms in total. The van der Waals surface area contributed by atoms with Crippen molar-refractivity contribution < 1.29 is 13.6 Å². The predicted octanol–water partition coefficient (Wildman–Crippen LogP) is 3.12. The van der Waals surface area contributed by atoms with Crippen molar-refractivity contribution in [1.82, 2.24) is 0 Å². The van der Waals surface area contributed by atoms with Crippen molar-refractivity contribution in [2.24, 2.45) is 17.8 Å². The molecule has 1 aromatic carbocycles. The van der Waals surface area contributed by atoms with E-state index in [0.29, 0.717) is 17.4 Å². The Morgan fingerprint density at radius 3 is 2.59 bits per heavy atom. The lowest BCUT2D eigenvalue weighted by molar-refractivity contribution is -0.120. The third-order valence-corrected chi connectivity index (χ3v) is 4.16. The second-order valence-corrected chi connectivity index (χ2v) is 5.16. The second-order valence-electron chi connectivity index (χ2n) is 5.16. The third-order valence-electron chi connectivity index (χ3n) is 4.16. The van der Waals surface area contributed by atoms with Gasteiger partial charge in [0.1, 0.15) is 17.4 Å². The van der Waals surface area contributed by atoms with E-state index in [0.717, 1.165) is 18.9 Å². The average molecular weight is 236 g/mol. The van der Waals surface area contributed by atoms with Gasteiger partial charge in [-0.2, -0.15) is 0 Å². The SMILES string of the molecule is O=C(Cc1ccc(F)cc1F)C1C2CCCC21. The van der Waals surface area contributed by atoms with Crippen LogP contribution < -0.4 is 0 Å². The van der Waals surface area contributed by atoms with Gasteiger partial charge in [0.05, 0.1) is 0 Å². The fourth-order valence-electron chi connectivity index (χ4n) is 3.27. The minimum absolute atomic E-state index is 0.115.